The lowest BCUT2D eigenvalue weighted by atomic mass is 9.93. The minimum absolute atomic E-state index is 0.0917. The Bertz CT molecular complexity index is 619. The van der Waals surface area contributed by atoms with Crippen molar-refractivity contribution in [3.63, 3.8) is 0 Å². The summed E-state index contributed by atoms with van der Waals surface area (Å²) in [6.07, 6.45) is 0.324. The van der Waals surface area contributed by atoms with Gasteiger partial charge in [0.25, 0.3) is 0 Å². The van der Waals surface area contributed by atoms with Crippen LogP contribution in [-0.2, 0) is 19.7 Å². The number of fused-ring (bicyclic) bond motifs is 1. The Balaban J connectivity index is 1.79. The van der Waals surface area contributed by atoms with Gasteiger partial charge in [0.15, 0.2) is 5.78 Å². The van der Waals surface area contributed by atoms with Gasteiger partial charge in [0.2, 0.25) is 0 Å². The van der Waals surface area contributed by atoms with Crippen LogP contribution in [0.5, 0.6) is 0 Å². The average Bonchev–Trinajstić information content (AvgIpc) is 3.07. The Morgan fingerprint density at radius 2 is 2.19 bits per heavy atom. The molecule has 1 saturated carbocycles. The summed E-state index contributed by atoms with van der Waals surface area (Å²) in [6.45, 7) is 0.412. The Kier molecular flexibility index (Phi) is 3.28. The highest BCUT2D eigenvalue weighted by molar-refractivity contribution is 5.99. The minimum atomic E-state index is -0.586. The van der Waals surface area contributed by atoms with Crippen molar-refractivity contribution in [2.75, 3.05) is 13.7 Å². The van der Waals surface area contributed by atoms with E-state index in [1.807, 2.05) is 0 Å². The molecule has 0 radical (unpaired) electrons. The molecule has 21 heavy (non-hydrogen) atoms. The first-order chi connectivity index (χ1) is 9.98. The Hall–Kier alpha value is -1.82. The summed E-state index contributed by atoms with van der Waals surface area (Å²) in [5.41, 5.74) is -0.212. The summed E-state index contributed by atoms with van der Waals surface area (Å²) >= 11 is 0. The molecule has 2 fully saturated rings. The number of carbonyl (C=O) groups is 2. The van der Waals surface area contributed by atoms with Crippen molar-refractivity contribution in [3.05, 3.63) is 35.4 Å². The van der Waals surface area contributed by atoms with Crippen LogP contribution in [0.15, 0.2) is 18.2 Å². The van der Waals surface area contributed by atoms with Crippen molar-refractivity contribution in [3.8, 4) is 0 Å². The van der Waals surface area contributed by atoms with Crippen LogP contribution < -0.4 is 5.32 Å². The van der Waals surface area contributed by atoms with Crippen molar-refractivity contribution in [1.29, 1.82) is 0 Å². The number of ether oxygens (including phenoxy) is 1. The van der Waals surface area contributed by atoms with Crippen molar-refractivity contribution in [2.24, 2.45) is 5.92 Å². The second kappa shape index (κ2) is 4.87. The van der Waals surface area contributed by atoms with Crippen LogP contribution in [0.3, 0.4) is 0 Å². The molecule has 0 unspecified atom stereocenters. The van der Waals surface area contributed by atoms with Gasteiger partial charge in [-0.05, 0) is 36.1 Å². The van der Waals surface area contributed by atoms with Gasteiger partial charge < -0.3 is 10.1 Å². The van der Waals surface area contributed by atoms with E-state index in [1.165, 1.54) is 13.2 Å². The number of benzene rings is 1. The lowest BCUT2D eigenvalue weighted by Crippen LogP contribution is -2.36. The molecule has 1 saturated heterocycles. The van der Waals surface area contributed by atoms with Crippen LogP contribution >= 0.6 is 0 Å². The zero-order valence-electron chi connectivity index (χ0n) is 11.5. The van der Waals surface area contributed by atoms with Gasteiger partial charge >= 0.3 is 5.97 Å². The molecule has 0 aromatic heterocycles. The molecule has 3 atom stereocenters. The zero-order chi connectivity index (χ0) is 15.2. The fourth-order valence-electron chi connectivity index (χ4n) is 3.35. The standard InChI is InChI=1S/C15H15F2NO3/c1-21-13(20)5-12(19)14-10-6-15(10,7-18-14)9-4-8(16)2-3-11(9)17/h2-4,10,14,18H,5-7H2,1H3/t10-,14+,15+/m0/s1. The topological polar surface area (TPSA) is 55.4 Å². The fourth-order valence-corrected chi connectivity index (χ4v) is 3.35. The van der Waals surface area contributed by atoms with E-state index in [9.17, 15) is 18.4 Å². The molecule has 0 spiro atoms. The third kappa shape index (κ3) is 2.23. The molecule has 3 rings (SSSR count). The highest BCUT2D eigenvalue weighted by Crippen LogP contribution is 2.59. The molecule has 112 valence electrons. The Labute approximate surface area is 120 Å². The summed E-state index contributed by atoms with van der Waals surface area (Å²) in [5, 5.41) is 3.02. The molecule has 1 aromatic rings. The first kappa shape index (κ1) is 14.1. The summed E-state index contributed by atoms with van der Waals surface area (Å²) in [4.78, 5) is 23.2. The number of ketones is 1. The van der Waals surface area contributed by atoms with Crippen LogP contribution in [-0.4, -0.2) is 31.4 Å². The maximum absolute atomic E-state index is 13.9. The SMILES string of the molecule is COC(=O)CC(=O)[C@@H]1NC[C@@]2(c3cc(F)ccc3F)C[C@@H]12. The van der Waals surface area contributed by atoms with Crippen LogP contribution in [0.2, 0.25) is 0 Å². The molecular formula is C15H15F2NO3. The van der Waals surface area contributed by atoms with Crippen LogP contribution in [0.4, 0.5) is 8.78 Å². The smallest absolute Gasteiger partial charge is 0.313 e. The largest absolute Gasteiger partial charge is 0.469 e. The number of rotatable bonds is 4. The van der Waals surface area contributed by atoms with Gasteiger partial charge in [0.05, 0.1) is 13.2 Å². The molecule has 1 N–H and O–H groups in total. The van der Waals surface area contributed by atoms with Gasteiger partial charge in [-0.2, -0.15) is 0 Å². The number of piperidine rings is 1. The van der Waals surface area contributed by atoms with Crippen molar-refractivity contribution < 1.29 is 23.1 Å². The third-order valence-electron chi connectivity index (χ3n) is 4.53. The Morgan fingerprint density at radius 1 is 1.43 bits per heavy atom. The predicted molar refractivity (Wildman–Crippen MR) is 69.6 cm³/mol. The number of hydrogen-bond acceptors (Lipinski definition) is 4. The highest BCUT2D eigenvalue weighted by Gasteiger charge is 2.65. The minimum Gasteiger partial charge on any atom is -0.469 e. The van der Waals surface area contributed by atoms with Crippen LogP contribution in [0, 0.1) is 17.6 Å². The average molecular weight is 295 g/mol. The molecule has 0 amide bonds. The van der Waals surface area contributed by atoms with E-state index in [0.717, 1.165) is 12.1 Å². The highest BCUT2D eigenvalue weighted by atomic mass is 19.1. The summed E-state index contributed by atoms with van der Waals surface area (Å²) in [5.74, 6) is -1.89. The van der Waals surface area contributed by atoms with E-state index in [-0.39, 0.29) is 18.1 Å². The number of Topliss-reactive ketones (excluding diaryl/α,β-unsaturated/α-hetero) is 1. The molecule has 1 aromatic carbocycles. The van der Waals surface area contributed by atoms with Gasteiger partial charge in [-0.25, -0.2) is 8.78 Å². The van der Waals surface area contributed by atoms with Gasteiger partial charge in [-0.1, -0.05) is 0 Å². The Morgan fingerprint density at radius 3 is 2.86 bits per heavy atom. The summed E-state index contributed by atoms with van der Waals surface area (Å²) < 4.78 is 31.8. The van der Waals surface area contributed by atoms with Gasteiger partial charge in [0, 0.05) is 12.0 Å². The number of carbonyl (C=O) groups excluding carboxylic acids is 2. The van der Waals surface area contributed by atoms with E-state index in [0.29, 0.717) is 18.5 Å². The first-order valence-electron chi connectivity index (χ1n) is 6.76. The first-order valence-corrected chi connectivity index (χ1v) is 6.76. The van der Waals surface area contributed by atoms with E-state index >= 15 is 0 Å². The second-order valence-electron chi connectivity index (χ2n) is 5.67. The number of nitrogens with one attached hydrogen (secondary N) is 1. The van der Waals surface area contributed by atoms with E-state index in [4.69, 9.17) is 0 Å². The molecule has 1 aliphatic carbocycles. The van der Waals surface area contributed by atoms with E-state index in [1.54, 1.807) is 0 Å². The maximum atomic E-state index is 13.9. The zero-order valence-corrected chi connectivity index (χ0v) is 11.5. The lowest BCUT2D eigenvalue weighted by Gasteiger charge is -2.13. The molecule has 1 aliphatic heterocycles. The molecule has 0 bridgehead atoms. The van der Waals surface area contributed by atoms with Crippen LogP contribution in [0.25, 0.3) is 0 Å². The quantitative estimate of drug-likeness (QED) is 0.672. The predicted octanol–water partition coefficient (Wildman–Crippen LogP) is 1.33. The van der Waals surface area contributed by atoms with Crippen molar-refractivity contribution >= 4 is 11.8 Å². The molecule has 4 nitrogen and oxygen atoms in total. The fraction of sp³-hybridized carbons (Fsp3) is 0.467. The van der Waals surface area contributed by atoms with E-state index in [2.05, 4.69) is 10.1 Å². The van der Waals surface area contributed by atoms with E-state index < -0.39 is 29.1 Å². The number of methoxy groups -OCH3 is 1. The van der Waals surface area contributed by atoms with Crippen molar-refractivity contribution in [2.45, 2.75) is 24.3 Å². The number of halogens is 2. The monoisotopic (exact) mass is 295 g/mol. The second-order valence-corrected chi connectivity index (χ2v) is 5.67. The van der Waals surface area contributed by atoms with Gasteiger partial charge in [-0.3, -0.25) is 9.59 Å². The lowest BCUT2D eigenvalue weighted by molar-refractivity contribution is -0.143. The molecule has 6 heteroatoms. The molecular weight excluding hydrogens is 280 g/mol. The van der Waals surface area contributed by atoms with Gasteiger partial charge in [0.1, 0.15) is 18.1 Å². The summed E-state index contributed by atoms with van der Waals surface area (Å²) in [7, 11) is 1.22. The third-order valence-corrected chi connectivity index (χ3v) is 4.53. The van der Waals surface area contributed by atoms with Crippen LogP contribution in [0.1, 0.15) is 18.4 Å². The normalized spacial score (nSPS) is 29.9. The number of esters is 1. The summed E-state index contributed by atoms with van der Waals surface area (Å²) in [6, 6.07) is 2.89. The molecule has 1 heterocycles. The van der Waals surface area contributed by atoms with Crippen molar-refractivity contribution in [1.82, 2.24) is 5.32 Å². The van der Waals surface area contributed by atoms with Gasteiger partial charge in [-0.15, -0.1) is 0 Å². The molecule has 2 aliphatic rings. The number of hydrogen-bond donors (Lipinski definition) is 1. The maximum Gasteiger partial charge on any atom is 0.313 e.